The second kappa shape index (κ2) is 19.9. The van der Waals surface area contributed by atoms with E-state index in [1.54, 1.807) is 42.5 Å². The van der Waals surface area contributed by atoms with E-state index in [0.717, 1.165) is 58.1 Å². The van der Waals surface area contributed by atoms with Crippen LogP contribution >= 0.6 is 0 Å². The van der Waals surface area contributed by atoms with Crippen molar-refractivity contribution in [3.05, 3.63) is 153 Å². The molecular formula is C43H34CrN7O16S3+3. The number of phenols is 3. The maximum Gasteiger partial charge on any atom is 0.328 e. The summed E-state index contributed by atoms with van der Waals surface area (Å²) in [6, 6.07) is 28.6. The Hall–Kier alpha value is -8.00. The molecule has 23 nitrogen and oxygen atoms in total. The number of aromatic hydroxyl groups is 3. The minimum atomic E-state index is -4.90. The smallest absolute Gasteiger partial charge is 0.328 e. The molecule has 0 unspecified atom stereocenters. The Bertz CT molecular complexity index is 3860. The minimum absolute atomic E-state index is 0. The summed E-state index contributed by atoms with van der Waals surface area (Å²) in [5, 5.41) is 77.0. The predicted molar refractivity (Wildman–Crippen MR) is 246 cm³/mol. The number of azo groups is 2. The normalized spacial score (nSPS) is 12.0. The third-order valence-corrected chi connectivity index (χ3v) is 13.4. The summed E-state index contributed by atoms with van der Waals surface area (Å²) in [7, 11) is -13.6. The van der Waals surface area contributed by atoms with Crippen molar-refractivity contribution in [1.82, 2.24) is 0 Å². The fourth-order valence-corrected chi connectivity index (χ4v) is 9.34. The Balaban J connectivity index is 0.000000231. The van der Waals surface area contributed by atoms with Crippen LogP contribution in [-0.4, -0.2) is 64.6 Å². The number of nitrogens with two attached hydrogens (primary N) is 1. The molecule has 0 spiro atoms. The number of aryl methyl sites for hydroxylation is 1. The van der Waals surface area contributed by atoms with Gasteiger partial charge in [0.15, 0.2) is 10.6 Å². The average molecular weight is 1050 g/mol. The quantitative estimate of drug-likeness (QED) is 0.0138. The van der Waals surface area contributed by atoms with E-state index in [-0.39, 0.29) is 83.7 Å². The Morgan fingerprint density at radius 1 is 0.614 bits per heavy atom. The number of benzene rings is 8. The molecule has 358 valence electrons. The first-order valence-electron chi connectivity index (χ1n) is 19.4. The van der Waals surface area contributed by atoms with Gasteiger partial charge in [0.05, 0.1) is 15.9 Å². The van der Waals surface area contributed by atoms with E-state index < -0.39 is 72.8 Å². The van der Waals surface area contributed by atoms with Gasteiger partial charge >= 0.3 is 20.1 Å². The molecule has 0 heterocycles. The summed E-state index contributed by atoms with van der Waals surface area (Å²) in [5.41, 5.74) is -0.649. The van der Waals surface area contributed by atoms with E-state index in [1.807, 2.05) is 6.92 Å². The number of non-ortho nitro benzene ring substituents is 2. The molecule has 0 aliphatic rings. The number of hydrogen-bond acceptors (Lipinski definition) is 16. The number of phenolic OH excluding ortho intramolecular Hbond substituents is 3. The van der Waals surface area contributed by atoms with Crippen LogP contribution in [0.3, 0.4) is 0 Å². The molecule has 0 aliphatic carbocycles. The standard InChI is InChI=1S/C23H18N4O9S2.C20H13N3O7S.Cr/c1-13-2-7-17(8-3-13)37(32,33)26-15-5-4-14-10-21(38(34,35)36)22(23(29)18(14)11-15)25-24-19-12-16(27(30)31)6-9-20(19)28;24-16-8-5-11-3-1-2-4-13(11)19(16)21-22-20-14-7-6-12(23(26)27)9-15(14)18(10-17(20)25)31(28,29)30;/h2-12,26,28-29H,1H3,(H,34,35,36);1-10,24-25H,(H,28,29,30);/p+3. The van der Waals surface area contributed by atoms with Gasteiger partial charge in [-0.25, -0.2) is 4.72 Å². The van der Waals surface area contributed by atoms with Crippen molar-refractivity contribution >= 4 is 102 Å². The van der Waals surface area contributed by atoms with E-state index in [9.17, 15) is 69.9 Å². The van der Waals surface area contributed by atoms with Crippen LogP contribution < -0.4 is 9.84 Å². The Kier molecular flexibility index (Phi) is 14.6. The van der Waals surface area contributed by atoms with Gasteiger partial charge in [-0.3, -0.25) is 29.3 Å². The molecule has 0 aromatic heterocycles. The van der Waals surface area contributed by atoms with E-state index in [4.69, 9.17) is 5.11 Å². The molecule has 0 atom stereocenters. The number of primary sulfonamides is 1. The molecule has 0 aliphatic heterocycles. The van der Waals surface area contributed by atoms with Crippen LogP contribution in [0.25, 0.3) is 32.3 Å². The summed E-state index contributed by atoms with van der Waals surface area (Å²) >= 11 is 0. The molecule has 8 aromatic carbocycles. The van der Waals surface area contributed by atoms with Gasteiger partial charge in [-0.1, -0.05) is 53.1 Å². The third kappa shape index (κ3) is 11.0. The van der Waals surface area contributed by atoms with E-state index in [1.165, 1.54) is 42.5 Å². The molecule has 8 aromatic rings. The van der Waals surface area contributed by atoms with Crippen molar-refractivity contribution in [1.29, 1.82) is 0 Å². The number of hydrogen-bond donors (Lipinski definition) is 7. The maximum atomic E-state index is 12.8. The molecule has 27 heteroatoms. The van der Waals surface area contributed by atoms with Crippen molar-refractivity contribution in [3.8, 4) is 23.0 Å². The fourth-order valence-electron chi connectivity index (χ4n) is 6.80. The fraction of sp³-hybridized carbons (Fsp3) is 0.0233. The van der Waals surface area contributed by atoms with Crippen LogP contribution in [0.4, 0.5) is 39.8 Å². The molecule has 0 amide bonds. The first-order valence-corrected chi connectivity index (χ1v) is 23.8. The van der Waals surface area contributed by atoms with Gasteiger partial charge in [-0.15, -0.1) is 10.2 Å². The second-order valence-electron chi connectivity index (χ2n) is 14.8. The second-order valence-corrected chi connectivity index (χ2v) is 19.3. The number of nitro groups is 2. The van der Waals surface area contributed by atoms with Crippen LogP contribution in [-0.2, 0) is 47.6 Å². The Labute approximate surface area is 405 Å². The zero-order valence-corrected chi connectivity index (χ0v) is 39.1. The first kappa shape index (κ1) is 51.4. The van der Waals surface area contributed by atoms with Gasteiger partial charge in [0.2, 0.25) is 5.69 Å². The largest absolute Gasteiger partial charge is 0.592 e. The maximum absolute atomic E-state index is 12.8. The van der Waals surface area contributed by atoms with Crippen molar-refractivity contribution < 1.29 is 91.8 Å². The van der Waals surface area contributed by atoms with Crippen LogP contribution in [0.15, 0.2) is 157 Å². The Morgan fingerprint density at radius 3 is 1.86 bits per heavy atom. The number of fused-ring (bicyclic) bond motifs is 3. The number of nitrogens with one attached hydrogen (secondary N) is 1. The average Bonchev–Trinajstić information content (AvgIpc) is 3.28. The zero-order chi connectivity index (χ0) is 50.2. The molecule has 0 saturated heterocycles. The van der Waals surface area contributed by atoms with Crippen LogP contribution in [0, 0.1) is 27.2 Å². The third-order valence-electron chi connectivity index (χ3n) is 10.2. The summed E-state index contributed by atoms with van der Waals surface area (Å²) < 4.78 is 93.5. The van der Waals surface area contributed by atoms with Crippen molar-refractivity contribution in [2.24, 2.45) is 15.3 Å². The van der Waals surface area contributed by atoms with E-state index in [2.05, 4.69) is 20.5 Å². The number of sulfonamides is 1. The number of nitro benzene ring substituents is 2. The molecule has 0 bridgehead atoms. The molecule has 70 heavy (non-hydrogen) atoms. The number of nitrogens with zero attached hydrogens (tertiary/aromatic N) is 5. The molecule has 0 fully saturated rings. The molecular weight excluding hydrogens is 1020 g/mol. The van der Waals surface area contributed by atoms with Crippen molar-refractivity contribution in [2.75, 3.05) is 0 Å². The van der Waals surface area contributed by atoms with E-state index in [0.29, 0.717) is 5.39 Å². The van der Waals surface area contributed by atoms with Gasteiger partial charge in [0, 0.05) is 86.5 Å². The minimum Gasteiger partial charge on any atom is -0.592 e. The zero-order valence-electron chi connectivity index (χ0n) is 35.4. The van der Waals surface area contributed by atoms with Gasteiger partial charge in [0.25, 0.3) is 32.9 Å². The molecule has 0 saturated carbocycles. The Morgan fingerprint density at radius 2 is 1.21 bits per heavy atom. The number of rotatable bonds is 11. The van der Waals surface area contributed by atoms with Gasteiger partial charge in [-0.05, 0) is 54.1 Å². The number of quaternary nitrogens is 1. The van der Waals surface area contributed by atoms with Crippen molar-refractivity contribution in [3.63, 3.8) is 0 Å². The summed E-state index contributed by atoms with van der Waals surface area (Å²) in [5.74, 6) is -1.73. The summed E-state index contributed by atoms with van der Waals surface area (Å²) in [6.07, 6.45) is 0. The summed E-state index contributed by atoms with van der Waals surface area (Å²) in [4.78, 5) is 19.3. The van der Waals surface area contributed by atoms with Crippen molar-refractivity contribution in [2.45, 2.75) is 21.6 Å². The SMILES string of the molecule is Cc1ccc(S(=O)(=O)[NH2+]c2ccc3cc(S(=O)(=O)O)c([NH+]=Nc4cc([N+](=O)[O-])ccc4[OH2+])c(O)c3c2)cc1.O=[N+]([O-])c1ccc2c(N=Nc3c(O)ccc4ccccc34)c(O)cc(S(=O)(=O)O)c2c1.[Cr]. The topological polar surface area (TPSA) is 380 Å². The van der Waals surface area contributed by atoms with Crippen LogP contribution in [0.5, 0.6) is 23.0 Å². The van der Waals surface area contributed by atoms with Gasteiger partial charge in [-0.2, -0.15) is 25.3 Å². The molecule has 0 radical (unpaired) electrons. The van der Waals surface area contributed by atoms with Crippen LogP contribution in [0.2, 0.25) is 0 Å². The van der Waals surface area contributed by atoms with Crippen LogP contribution in [0.1, 0.15) is 5.56 Å². The summed E-state index contributed by atoms with van der Waals surface area (Å²) in [6.45, 7) is 1.81. The van der Waals surface area contributed by atoms with Gasteiger partial charge in [0.1, 0.15) is 38.4 Å². The monoisotopic (exact) mass is 1050 g/mol. The first-order chi connectivity index (χ1) is 32.4. The molecule has 8 rings (SSSR count). The van der Waals surface area contributed by atoms with Gasteiger partial charge < -0.3 is 20.4 Å². The molecule has 10 N–H and O–H groups in total. The predicted octanol–water partition coefficient (Wildman–Crippen LogP) is 6.50. The van der Waals surface area contributed by atoms with E-state index >= 15 is 0 Å².